The predicted octanol–water partition coefficient (Wildman–Crippen LogP) is 2.97. The molecule has 1 aliphatic heterocycles. The minimum Gasteiger partial charge on any atom is -0.357 e. The molecule has 1 fully saturated rings. The third kappa shape index (κ3) is 3.66. The van der Waals surface area contributed by atoms with Gasteiger partial charge in [0.25, 0.3) is 5.91 Å². The monoisotopic (exact) mass is 446 g/mol. The van der Waals surface area contributed by atoms with E-state index < -0.39 is 0 Å². The Kier molecular flexibility index (Phi) is 5.16. The highest BCUT2D eigenvalue weighted by molar-refractivity contribution is 6.10. The Morgan fingerprint density at radius 2 is 2.03 bits per heavy atom. The lowest BCUT2D eigenvalue weighted by Gasteiger charge is -2.24. The molecule has 4 heterocycles. The van der Waals surface area contributed by atoms with Crippen molar-refractivity contribution in [2.24, 2.45) is 0 Å². The minimum atomic E-state index is -0.0524. The minimum absolute atomic E-state index is 0.0524. The zero-order valence-electron chi connectivity index (χ0n) is 19.8. The second kappa shape index (κ2) is 7.91. The van der Waals surface area contributed by atoms with Gasteiger partial charge in [-0.25, -0.2) is 9.97 Å². The molecule has 0 unspecified atom stereocenters. The van der Waals surface area contributed by atoms with Crippen molar-refractivity contribution in [1.82, 2.24) is 30.0 Å². The molecule has 1 saturated carbocycles. The topological polar surface area (TPSA) is 92.1 Å². The molecular formula is C24H30N8O. The second-order valence-corrected chi connectivity index (χ2v) is 9.48. The summed E-state index contributed by atoms with van der Waals surface area (Å²) in [6, 6.07) is 7.90. The maximum absolute atomic E-state index is 13.5. The van der Waals surface area contributed by atoms with Gasteiger partial charge in [0, 0.05) is 30.7 Å². The van der Waals surface area contributed by atoms with Gasteiger partial charge in [0.1, 0.15) is 23.7 Å². The fraction of sp³-hybridized carbons (Fsp3) is 0.458. The average molecular weight is 447 g/mol. The number of anilines is 2. The molecule has 0 spiro atoms. The molecule has 0 radical (unpaired) electrons. The zero-order chi connectivity index (χ0) is 23.3. The molecule has 0 saturated heterocycles. The molecule has 3 aromatic rings. The van der Waals surface area contributed by atoms with Crippen LogP contribution in [0, 0.1) is 0 Å². The Balaban J connectivity index is 1.51. The van der Waals surface area contributed by atoms with E-state index in [1.165, 1.54) is 0 Å². The predicted molar refractivity (Wildman–Crippen MR) is 127 cm³/mol. The third-order valence-electron chi connectivity index (χ3n) is 6.81. The summed E-state index contributed by atoms with van der Waals surface area (Å²) in [5.41, 5.74) is 3.32. The van der Waals surface area contributed by atoms with Gasteiger partial charge in [-0.15, -0.1) is 10.2 Å². The lowest BCUT2D eigenvalue weighted by molar-refractivity contribution is 0.0996. The maximum Gasteiger partial charge on any atom is 0.260 e. The van der Waals surface area contributed by atoms with Crippen LogP contribution in [0.5, 0.6) is 0 Å². The van der Waals surface area contributed by atoms with Gasteiger partial charge in [0.2, 0.25) is 0 Å². The number of hydrogen-bond donors (Lipinski definition) is 1. The first-order chi connectivity index (χ1) is 15.8. The lowest BCUT2D eigenvalue weighted by Crippen LogP contribution is -2.27. The number of amides is 1. The Morgan fingerprint density at radius 3 is 2.73 bits per heavy atom. The SMILES string of the molecule is CNCc1nc(N(C)C(C)C)cc2c1CN(c1cccc(-c3nncn3C3(C)CC3)n1)C2=O. The molecule has 0 bridgehead atoms. The van der Waals surface area contributed by atoms with E-state index in [1.54, 1.807) is 11.2 Å². The Morgan fingerprint density at radius 1 is 1.24 bits per heavy atom. The largest absolute Gasteiger partial charge is 0.357 e. The number of rotatable bonds is 7. The normalized spacial score (nSPS) is 16.4. The van der Waals surface area contributed by atoms with E-state index in [-0.39, 0.29) is 17.5 Å². The molecule has 172 valence electrons. The Labute approximate surface area is 193 Å². The Hall–Kier alpha value is -3.33. The fourth-order valence-corrected chi connectivity index (χ4v) is 4.22. The van der Waals surface area contributed by atoms with Crippen LogP contribution >= 0.6 is 0 Å². The molecule has 1 aliphatic carbocycles. The molecular weight excluding hydrogens is 416 g/mol. The summed E-state index contributed by atoms with van der Waals surface area (Å²) in [6.07, 6.45) is 3.98. The van der Waals surface area contributed by atoms with Crippen molar-refractivity contribution < 1.29 is 4.79 Å². The van der Waals surface area contributed by atoms with E-state index in [4.69, 9.17) is 9.97 Å². The van der Waals surface area contributed by atoms with Crippen LogP contribution in [-0.4, -0.2) is 50.8 Å². The van der Waals surface area contributed by atoms with E-state index in [2.05, 4.69) is 45.8 Å². The van der Waals surface area contributed by atoms with Gasteiger partial charge in [-0.1, -0.05) is 6.07 Å². The van der Waals surface area contributed by atoms with E-state index in [1.807, 2.05) is 38.4 Å². The van der Waals surface area contributed by atoms with Gasteiger partial charge in [-0.05, 0) is 58.9 Å². The van der Waals surface area contributed by atoms with E-state index in [0.29, 0.717) is 24.5 Å². The number of nitrogens with zero attached hydrogens (tertiary/aromatic N) is 7. The average Bonchev–Trinajstić information content (AvgIpc) is 3.22. The first-order valence-electron chi connectivity index (χ1n) is 11.4. The summed E-state index contributed by atoms with van der Waals surface area (Å²) >= 11 is 0. The van der Waals surface area contributed by atoms with Crippen molar-refractivity contribution >= 4 is 17.5 Å². The maximum atomic E-state index is 13.5. The standard InChI is InChI=1S/C24H30N8O/c1-15(2)30(5)21-11-16-17(19(28-21)12-25-4)13-31(23(16)33)20-8-6-7-18(27-20)22-29-26-14-32(22)24(3)9-10-24/h6-8,11,14-15,25H,9-10,12-13H2,1-5H3. The number of fused-ring (bicyclic) bond motifs is 1. The van der Waals surface area contributed by atoms with Crippen LogP contribution in [0.15, 0.2) is 30.6 Å². The van der Waals surface area contributed by atoms with Gasteiger partial charge in [0.15, 0.2) is 5.82 Å². The summed E-state index contributed by atoms with van der Waals surface area (Å²) in [7, 11) is 3.89. The van der Waals surface area contributed by atoms with Crippen molar-refractivity contribution in [3.05, 3.63) is 47.4 Å². The van der Waals surface area contributed by atoms with Gasteiger partial charge < -0.3 is 14.8 Å². The van der Waals surface area contributed by atoms with Crippen LogP contribution in [0.2, 0.25) is 0 Å². The third-order valence-corrected chi connectivity index (χ3v) is 6.81. The van der Waals surface area contributed by atoms with Crippen LogP contribution < -0.4 is 15.1 Å². The molecule has 3 aromatic heterocycles. The number of aromatic nitrogens is 5. The highest BCUT2D eigenvalue weighted by Crippen LogP contribution is 2.44. The van der Waals surface area contributed by atoms with E-state index >= 15 is 0 Å². The van der Waals surface area contributed by atoms with Gasteiger partial charge >= 0.3 is 0 Å². The summed E-state index contributed by atoms with van der Waals surface area (Å²) in [4.78, 5) is 27.0. The smallest absolute Gasteiger partial charge is 0.260 e. The molecule has 2 aliphatic rings. The van der Waals surface area contributed by atoms with Crippen LogP contribution in [0.1, 0.15) is 55.2 Å². The van der Waals surface area contributed by atoms with Crippen molar-refractivity contribution in [2.45, 2.75) is 58.3 Å². The number of pyridine rings is 2. The summed E-state index contributed by atoms with van der Waals surface area (Å²) in [5, 5.41) is 11.6. The summed E-state index contributed by atoms with van der Waals surface area (Å²) in [6.45, 7) is 7.46. The molecule has 9 nitrogen and oxygen atoms in total. The molecule has 5 rings (SSSR count). The molecule has 1 amide bonds. The van der Waals surface area contributed by atoms with Gasteiger partial charge in [-0.3, -0.25) is 9.69 Å². The van der Waals surface area contributed by atoms with Crippen molar-refractivity contribution in [1.29, 1.82) is 0 Å². The quantitative estimate of drug-likeness (QED) is 0.596. The Bertz CT molecular complexity index is 1210. The lowest BCUT2D eigenvalue weighted by atomic mass is 10.1. The van der Waals surface area contributed by atoms with Gasteiger partial charge in [-0.2, -0.15) is 0 Å². The van der Waals surface area contributed by atoms with Crippen LogP contribution in [0.3, 0.4) is 0 Å². The first kappa shape index (κ1) is 21.5. The number of hydrogen-bond acceptors (Lipinski definition) is 7. The first-order valence-corrected chi connectivity index (χ1v) is 11.4. The number of nitrogens with one attached hydrogen (secondary N) is 1. The van der Waals surface area contributed by atoms with Crippen molar-refractivity contribution in [2.75, 3.05) is 23.9 Å². The number of carbonyl (C=O) groups is 1. The number of carbonyl (C=O) groups excluding carboxylic acids is 1. The van der Waals surface area contributed by atoms with Crippen molar-refractivity contribution in [3.63, 3.8) is 0 Å². The molecule has 1 N–H and O–H groups in total. The van der Waals surface area contributed by atoms with Crippen molar-refractivity contribution in [3.8, 4) is 11.5 Å². The molecule has 0 aromatic carbocycles. The highest BCUT2D eigenvalue weighted by atomic mass is 16.2. The molecule has 33 heavy (non-hydrogen) atoms. The molecule has 9 heteroatoms. The fourth-order valence-electron chi connectivity index (χ4n) is 4.22. The summed E-state index contributed by atoms with van der Waals surface area (Å²) in [5.74, 6) is 2.10. The van der Waals surface area contributed by atoms with Crippen LogP contribution in [0.25, 0.3) is 11.5 Å². The molecule has 0 atom stereocenters. The highest BCUT2D eigenvalue weighted by Gasteiger charge is 2.41. The van der Waals surface area contributed by atoms with E-state index in [0.717, 1.165) is 41.4 Å². The van der Waals surface area contributed by atoms with Gasteiger partial charge in [0.05, 0.1) is 17.8 Å². The zero-order valence-corrected chi connectivity index (χ0v) is 19.8. The van der Waals surface area contributed by atoms with E-state index in [9.17, 15) is 4.79 Å². The second-order valence-electron chi connectivity index (χ2n) is 9.48. The van der Waals surface area contributed by atoms with Crippen LogP contribution in [0.4, 0.5) is 11.6 Å². The summed E-state index contributed by atoms with van der Waals surface area (Å²) < 4.78 is 2.10. The van der Waals surface area contributed by atoms with Crippen LogP contribution in [-0.2, 0) is 18.6 Å².